The fourth-order valence-electron chi connectivity index (χ4n) is 5.50. The lowest BCUT2D eigenvalue weighted by Gasteiger charge is -2.41. The van der Waals surface area contributed by atoms with Crippen LogP contribution < -0.4 is 0 Å². The Morgan fingerprint density at radius 2 is 1.06 bits per heavy atom. The van der Waals surface area contributed by atoms with Crippen LogP contribution in [0.25, 0.3) is 0 Å². The van der Waals surface area contributed by atoms with Gasteiger partial charge in [-0.1, -0.05) is 109 Å². The number of phosphoric acid groups is 1. The molecule has 1 aliphatic rings. The summed E-state index contributed by atoms with van der Waals surface area (Å²) in [6.07, 6.45) is 10.3. The molecule has 1 aliphatic carbocycles. The number of phosphoric ester groups is 1. The zero-order chi connectivity index (χ0) is 36.5. The fraction of sp³-hybridized carbons (Fsp3) is 0.886. The second-order valence-electron chi connectivity index (χ2n) is 13.1. The van der Waals surface area contributed by atoms with E-state index in [1.807, 2.05) is 0 Å². The van der Waals surface area contributed by atoms with Crippen molar-refractivity contribution in [2.45, 2.75) is 185 Å². The number of hydrogen-bond donors (Lipinski definition) is 6. The van der Waals surface area contributed by atoms with E-state index in [-0.39, 0.29) is 12.8 Å². The molecule has 49 heavy (non-hydrogen) atoms. The highest BCUT2D eigenvalue weighted by molar-refractivity contribution is 7.47. The first kappa shape index (κ1) is 45.6. The quantitative estimate of drug-likeness (QED) is 0.0255. The third kappa shape index (κ3) is 20.9. The third-order valence-electron chi connectivity index (χ3n) is 8.61. The summed E-state index contributed by atoms with van der Waals surface area (Å²) in [5.74, 6) is -1.11. The Balaban J connectivity index is 2.57. The van der Waals surface area contributed by atoms with Crippen LogP contribution in [0.4, 0.5) is 0 Å². The molecule has 6 N–H and O–H groups in total. The maximum absolute atomic E-state index is 12.7. The van der Waals surface area contributed by atoms with Crippen LogP contribution in [-0.4, -0.2) is 98.3 Å². The smallest absolute Gasteiger partial charge is 0.462 e. The van der Waals surface area contributed by atoms with Gasteiger partial charge < -0.3 is 39.9 Å². The number of allylic oxidation sites excluding steroid dienone is 2. The van der Waals surface area contributed by atoms with Crippen molar-refractivity contribution in [1.82, 2.24) is 0 Å². The second kappa shape index (κ2) is 27.3. The summed E-state index contributed by atoms with van der Waals surface area (Å²) in [5, 5.41) is 49.8. The van der Waals surface area contributed by atoms with Gasteiger partial charge in [-0.25, -0.2) is 4.57 Å². The topological polar surface area (TPSA) is 210 Å². The average molecular weight is 725 g/mol. The normalized spacial score (nSPS) is 24.5. The molecule has 0 heterocycles. The van der Waals surface area contributed by atoms with Gasteiger partial charge in [-0.3, -0.25) is 18.6 Å². The Kier molecular flexibility index (Phi) is 25.4. The Labute approximate surface area is 293 Å². The van der Waals surface area contributed by atoms with Gasteiger partial charge in [0.15, 0.2) is 6.10 Å². The summed E-state index contributed by atoms with van der Waals surface area (Å²) < 4.78 is 33.2. The molecule has 0 amide bonds. The van der Waals surface area contributed by atoms with Gasteiger partial charge in [-0.15, -0.1) is 0 Å². The largest absolute Gasteiger partial charge is 0.472 e. The maximum Gasteiger partial charge on any atom is 0.472 e. The van der Waals surface area contributed by atoms with Crippen LogP contribution in [0, 0.1) is 0 Å². The van der Waals surface area contributed by atoms with Crippen molar-refractivity contribution in [3.63, 3.8) is 0 Å². The van der Waals surface area contributed by atoms with Crippen molar-refractivity contribution in [3.8, 4) is 0 Å². The highest BCUT2D eigenvalue weighted by Gasteiger charge is 2.51. The third-order valence-corrected chi connectivity index (χ3v) is 9.59. The second-order valence-corrected chi connectivity index (χ2v) is 14.5. The summed E-state index contributed by atoms with van der Waals surface area (Å²) in [6, 6.07) is 0. The molecule has 0 aromatic rings. The fourth-order valence-corrected chi connectivity index (χ4v) is 6.47. The lowest BCUT2D eigenvalue weighted by molar-refractivity contribution is -0.220. The van der Waals surface area contributed by atoms with Crippen molar-refractivity contribution < 1.29 is 63.1 Å². The molecule has 1 rings (SSSR count). The molecular formula is C35H65O13P. The van der Waals surface area contributed by atoms with E-state index in [1.165, 1.54) is 38.5 Å². The van der Waals surface area contributed by atoms with Crippen molar-refractivity contribution in [3.05, 3.63) is 12.2 Å². The standard InChI is InChI=1S/C35H65O13P/c1-3-5-7-9-11-13-14-16-17-19-21-23-28(36)45-25-27(47-29(37)24-22-20-18-15-12-10-8-6-4-2)26-46-49(43,44)48-35-33(41)31(39)30(38)32(40)34(35)42/h9,11,27,30-35,38-42H,3-8,10,12-26H2,1-2H3,(H,43,44)/b11-9+/t27-,30?,31-,32?,33?,34?,35?/m1/s1. The number of carbonyl (C=O) groups is 2. The molecule has 0 saturated heterocycles. The predicted octanol–water partition coefficient (Wildman–Crippen LogP) is 5.16. The minimum Gasteiger partial charge on any atom is -0.462 e. The summed E-state index contributed by atoms with van der Waals surface area (Å²) in [7, 11) is -5.10. The van der Waals surface area contributed by atoms with Gasteiger partial charge in [0, 0.05) is 12.8 Å². The maximum atomic E-state index is 12.7. The predicted molar refractivity (Wildman–Crippen MR) is 184 cm³/mol. The van der Waals surface area contributed by atoms with Gasteiger partial charge in [0.25, 0.3) is 0 Å². The minimum atomic E-state index is -5.10. The SMILES string of the molecule is CCCC/C=C/CCCCCCCC(=O)OC[C@H](COP(=O)(O)OC1C(O)C(O)C(O)[C@@H](O)C1O)OC(=O)CCCCCCCCCCC. The van der Waals surface area contributed by atoms with Crippen LogP contribution in [0.5, 0.6) is 0 Å². The molecule has 0 aromatic heterocycles. The average Bonchev–Trinajstić information content (AvgIpc) is 3.07. The first-order valence-electron chi connectivity index (χ1n) is 18.5. The Morgan fingerprint density at radius 1 is 0.612 bits per heavy atom. The first-order chi connectivity index (χ1) is 23.4. The van der Waals surface area contributed by atoms with Crippen LogP contribution in [0.2, 0.25) is 0 Å². The lowest BCUT2D eigenvalue weighted by atomic mass is 9.85. The highest BCUT2D eigenvalue weighted by Crippen LogP contribution is 2.47. The first-order valence-corrected chi connectivity index (χ1v) is 20.0. The molecule has 8 atom stereocenters. The molecule has 14 heteroatoms. The highest BCUT2D eigenvalue weighted by atomic mass is 31.2. The monoisotopic (exact) mass is 724 g/mol. The van der Waals surface area contributed by atoms with E-state index in [2.05, 4.69) is 26.0 Å². The van der Waals surface area contributed by atoms with Crippen LogP contribution in [-0.2, 0) is 32.7 Å². The summed E-state index contributed by atoms with van der Waals surface area (Å²) >= 11 is 0. The Morgan fingerprint density at radius 3 is 1.61 bits per heavy atom. The number of hydrogen-bond acceptors (Lipinski definition) is 12. The zero-order valence-corrected chi connectivity index (χ0v) is 30.6. The van der Waals surface area contributed by atoms with Gasteiger partial charge in [-0.05, 0) is 32.1 Å². The molecule has 0 radical (unpaired) electrons. The van der Waals surface area contributed by atoms with E-state index in [0.717, 1.165) is 64.2 Å². The molecular weight excluding hydrogens is 659 g/mol. The van der Waals surface area contributed by atoms with Crippen LogP contribution in [0.1, 0.15) is 142 Å². The Bertz CT molecular complexity index is 932. The minimum absolute atomic E-state index is 0.0979. The summed E-state index contributed by atoms with van der Waals surface area (Å²) in [5.41, 5.74) is 0. The summed E-state index contributed by atoms with van der Waals surface area (Å²) in [6.45, 7) is 3.17. The van der Waals surface area contributed by atoms with Crippen LogP contribution in [0.15, 0.2) is 12.2 Å². The van der Waals surface area contributed by atoms with Gasteiger partial charge in [-0.2, -0.15) is 0 Å². The number of unbranched alkanes of at least 4 members (excludes halogenated alkanes) is 15. The molecule has 1 fully saturated rings. The van der Waals surface area contributed by atoms with Gasteiger partial charge in [0.1, 0.15) is 43.2 Å². The van der Waals surface area contributed by atoms with Crippen LogP contribution in [0.3, 0.4) is 0 Å². The van der Waals surface area contributed by atoms with E-state index in [9.17, 15) is 44.6 Å². The van der Waals surface area contributed by atoms with E-state index < -0.39 is 75.7 Å². The van der Waals surface area contributed by atoms with E-state index in [4.69, 9.17) is 18.5 Å². The van der Waals surface area contributed by atoms with Gasteiger partial charge in [0.05, 0.1) is 6.61 Å². The molecule has 0 bridgehead atoms. The molecule has 1 saturated carbocycles. The van der Waals surface area contributed by atoms with Crippen molar-refractivity contribution in [1.29, 1.82) is 0 Å². The van der Waals surface area contributed by atoms with E-state index in [1.54, 1.807) is 0 Å². The number of carbonyl (C=O) groups excluding carboxylic acids is 2. The van der Waals surface area contributed by atoms with E-state index >= 15 is 0 Å². The number of ether oxygens (including phenoxy) is 2. The van der Waals surface area contributed by atoms with Crippen molar-refractivity contribution in [2.24, 2.45) is 0 Å². The summed E-state index contributed by atoms with van der Waals surface area (Å²) in [4.78, 5) is 35.3. The number of esters is 2. The number of rotatable bonds is 29. The molecule has 0 aromatic carbocycles. The molecule has 288 valence electrons. The zero-order valence-electron chi connectivity index (χ0n) is 29.7. The lowest BCUT2D eigenvalue weighted by Crippen LogP contribution is -2.64. The molecule has 6 unspecified atom stereocenters. The Hall–Kier alpha value is -1.41. The van der Waals surface area contributed by atoms with Crippen molar-refractivity contribution >= 4 is 19.8 Å². The van der Waals surface area contributed by atoms with Gasteiger partial charge >= 0.3 is 19.8 Å². The number of aliphatic hydroxyl groups excluding tert-OH is 5. The van der Waals surface area contributed by atoms with E-state index in [0.29, 0.717) is 12.8 Å². The van der Waals surface area contributed by atoms with Crippen LogP contribution >= 0.6 is 7.82 Å². The molecule has 13 nitrogen and oxygen atoms in total. The van der Waals surface area contributed by atoms with Crippen molar-refractivity contribution in [2.75, 3.05) is 13.2 Å². The van der Waals surface area contributed by atoms with Gasteiger partial charge in [0.2, 0.25) is 0 Å². The number of aliphatic hydroxyl groups is 5. The molecule has 0 spiro atoms. The molecule has 0 aliphatic heterocycles.